The van der Waals surface area contributed by atoms with Gasteiger partial charge in [-0.15, -0.1) is 0 Å². The third-order valence-electron chi connectivity index (χ3n) is 2.88. The van der Waals surface area contributed by atoms with Crippen LogP contribution in [0.2, 0.25) is 0 Å². The summed E-state index contributed by atoms with van der Waals surface area (Å²) in [6, 6.07) is 10.3. The molecule has 0 heterocycles. The highest BCUT2D eigenvalue weighted by Gasteiger charge is 2.12. The molecule has 0 aliphatic carbocycles. The van der Waals surface area contributed by atoms with Crippen molar-refractivity contribution in [1.29, 1.82) is 0 Å². The minimum absolute atomic E-state index is 0.0721. The van der Waals surface area contributed by atoms with Gasteiger partial charge in [0.2, 0.25) is 0 Å². The molecule has 0 aliphatic heterocycles. The van der Waals surface area contributed by atoms with Crippen molar-refractivity contribution in [2.45, 2.75) is 13.5 Å². The Morgan fingerprint density at radius 2 is 2.05 bits per heavy atom. The molecule has 0 spiro atoms. The summed E-state index contributed by atoms with van der Waals surface area (Å²) < 4.78 is 19.4. The molecule has 0 amide bonds. The molecule has 110 valence electrons. The first-order valence-electron chi connectivity index (χ1n) is 6.52. The predicted octanol–water partition coefficient (Wildman–Crippen LogP) is 3.64. The van der Waals surface area contributed by atoms with E-state index in [4.69, 9.17) is 4.74 Å². The fourth-order valence-electron chi connectivity index (χ4n) is 1.84. The van der Waals surface area contributed by atoms with Gasteiger partial charge in [0.15, 0.2) is 0 Å². The Kier molecular flexibility index (Phi) is 4.84. The van der Waals surface area contributed by atoms with Gasteiger partial charge in [0.1, 0.15) is 17.3 Å². The van der Waals surface area contributed by atoms with E-state index in [1.165, 1.54) is 30.3 Å². The van der Waals surface area contributed by atoms with E-state index in [2.05, 4.69) is 5.32 Å². The lowest BCUT2D eigenvalue weighted by Gasteiger charge is -2.12. The van der Waals surface area contributed by atoms with Gasteiger partial charge in [0.25, 0.3) is 5.69 Å². The van der Waals surface area contributed by atoms with Crippen LogP contribution in [-0.4, -0.2) is 11.5 Å². The molecular weight excluding hydrogens is 275 g/mol. The molecule has 0 saturated carbocycles. The molecule has 0 fully saturated rings. The second kappa shape index (κ2) is 6.81. The standard InChI is InChI=1S/C15H15FN2O3/c1-2-17-10-13-14(16)7-4-8-15(13)21-12-6-3-5-11(9-12)18(19)20/h3-9,17H,2,10H2,1H3. The summed E-state index contributed by atoms with van der Waals surface area (Å²) in [5, 5.41) is 13.8. The highest BCUT2D eigenvalue weighted by molar-refractivity contribution is 5.43. The summed E-state index contributed by atoms with van der Waals surface area (Å²) in [6.45, 7) is 2.94. The van der Waals surface area contributed by atoms with Gasteiger partial charge in [0.05, 0.1) is 11.0 Å². The molecule has 0 aliphatic rings. The van der Waals surface area contributed by atoms with Gasteiger partial charge in [-0.05, 0) is 24.7 Å². The summed E-state index contributed by atoms with van der Waals surface area (Å²) in [4.78, 5) is 10.2. The number of nitrogens with one attached hydrogen (secondary N) is 1. The first-order chi connectivity index (χ1) is 10.1. The number of rotatable bonds is 6. The molecule has 1 N–H and O–H groups in total. The van der Waals surface area contributed by atoms with Gasteiger partial charge >= 0.3 is 0 Å². The van der Waals surface area contributed by atoms with Crippen LogP contribution in [0.3, 0.4) is 0 Å². The maximum atomic E-state index is 13.9. The fourth-order valence-corrected chi connectivity index (χ4v) is 1.84. The van der Waals surface area contributed by atoms with Crippen molar-refractivity contribution in [1.82, 2.24) is 5.32 Å². The Labute approximate surface area is 121 Å². The maximum absolute atomic E-state index is 13.9. The van der Waals surface area contributed by atoms with Crippen molar-refractivity contribution in [3.8, 4) is 11.5 Å². The zero-order valence-corrected chi connectivity index (χ0v) is 11.5. The molecule has 2 aromatic carbocycles. The van der Waals surface area contributed by atoms with E-state index in [1.54, 1.807) is 12.1 Å². The number of hydrogen-bond donors (Lipinski definition) is 1. The maximum Gasteiger partial charge on any atom is 0.273 e. The Morgan fingerprint density at radius 3 is 2.76 bits per heavy atom. The van der Waals surface area contributed by atoms with Crippen LogP contribution in [0.4, 0.5) is 10.1 Å². The highest BCUT2D eigenvalue weighted by Crippen LogP contribution is 2.29. The van der Waals surface area contributed by atoms with Crippen LogP contribution in [0.1, 0.15) is 12.5 Å². The number of hydrogen-bond acceptors (Lipinski definition) is 4. The third kappa shape index (κ3) is 3.76. The van der Waals surface area contributed by atoms with Crippen LogP contribution in [0.25, 0.3) is 0 Å². The number of non-ortho nitro benzene ring substituents is 1. The smallest absolute Gasteiger partial charge is 0.273 e. The van der Waals surface area contributed by atoms with Crippen molar-refractivity contribution >= 4 is 5.69 Å². The second-order valence-corrected chi connectivity index (χ2v) is 4.35. The van der Waals surface area contributed by atoms with E-state index < -0.39 is 4.92 Å². The summed E-state index contributed by atoms with van der Waals surface area (Å²) in [7, 11) is 0. The third-order valence-corrected chi connectivity index (χ3v) is 2.88. The molecule has 0 unspecified atom stereocenters. The van der Waals surface area contributed by atoms with E-state index in [-0.39, 0.29) is 11.5 Å². The minimum atomic E-state index is -0.502. The van der Waals surface area contributed by atoms with Gasteiger partial charge in [-0.2, -0.15) is 0 Å². The molecule has 0 atom stereocenters. The first kappa shape index (κ1) is 14.9. The number of ether oxygens (including phenoxy) is 1. The fraction of sp³-hybridized carbons (Fsp3) is 0.200. The summed E-state index contributed by atoms with van der Waals surface area (Å²) >= 11 is 0. The largest absolute Gasteiger partial charge is 0.457 e. The molecule has 0 aromatic heterocycles. The van der Waals surface area contributed by atoms with E-state index in [0.717, 1.165) is 0 Å². The average molecular weight is 290 g/mol. The molecule has 0 bridgehead atoms. The number of halogens is 1. The molecular formula is C15H15FN2O3. The zero-order valence-electron chi connectivity index (χ0n) is 11.5. The van der Waals surface area contributed by atoms with Crippen LogP contribution in [0.15, 0.2) is 42.5 Å². The highest BCUT2D eigenvalue weighted by atomic mass is 19.1. The molecule has 0 radical (unpaired) electrons. The van der Waals surface area contributed by atoms with Gasteiger partial charge < -0.3 is 10.1 Å². The Bertz CT molecular complexity index is 647. The normalized spacial score (nSPS) is 10.4. The molecule has 6 heteroatoms. The number of nitro groups is 1. The lowest BCUT2D eigenvalue weighted by molar-refractivity contribution is -0.384. The van der Waals surface area contributed by atoms with E-state index in [1.807, 2.05) is 6.92 Å². The molecule has 0 saturated heterocycles. The van der Waals surface area contributed by atoms with Crippen molar-refractivity contribution in [2.75, 3.05) is 6.54 Å². The Balaban J connectivity index is 2.28. The van der Waals surface area contributed by atoms with E-state index in [0.29, 0.717) is 30.2 Å². The minimum Gasteiger partial charge on any atom is -0.457 e. The quantitative estimate of drug-likeness (QED) is 0.651. The number of nitrogens with zero attached hydrogens (tertiary/aromatic N) is 1. The molecule has 2 rings (SSSR count). The van der Waals surface area contributed by atoms with Crippen molar-refractivity contribution in [2.24, 2.45) is 0 Å². The first-order valence-corrected chi connectivity index (χ1v) is 6.52. The summed E-state index contributed by atoms with van der Waals surface area (Å²) in [5.41, 5.74) is 0.322. The second-order valence-electron chi connectivity index (χ2n) is 4.35. The van der Waals surface area contributed by atoms with E-state index >= 15 is 0 Å². The van der Waals surface area contributed by atoms with Gasteiger partial charge in [-0.3, -0.25) is 10.1 Å². The van der Waals surface area contributed by atoms with Crippen molar-refractivity contribution < 1.29 is 14.1 Å². The zero-order chi connectivity index (χ0) is 15.2. The summed E-state index contributed by atoms with van der Waals surface area (Å²) in [5.74, 6) is 0.267. The molecule has 2 aromatic rings. The van der Waals surface area contributed by atoms with Gasteiger partial charge in [0, 0.05) is 18.2 Å². The van der Waals surface area contributed by atoms with Crippen LogP contribution >= 0.6 is 0 Å². The Hall–Kier alpha value is -2.47. The lowest BCUT2D eigenvalue weighted by Crippen LogP contribution is -2.13. The van der Waals surface area contributed by atoms with Gasteiger partial charge in [-0.25, -0.2) is 4.39 Å². The summed E-state index contributed by atoms with van der Waals surface area (Å²) in [6.07, 6.45) is 0. The lowest BCUT2D eigenvalue weighted by atomic mass is 10.2. The van der Waals surface area contributed by atoms with Gasteiger partial charge in [-0.1, -0.05) is 19.1 Å². The van der Waals surface area contributed by atoms with Crippen LogP contribution in [0.5, 0.6) is 11.5 Å². The Morgan fingerprint density at radius 1 is 1.29 bits per heavy atom. The van der Waals surface area contributed by atoms with Crippen molar-refractivity contribution in [3.63, 3.8) is 0 Å². The SMILES string of the molecule is CCNCc1c(F)cccc1Oc1cccc([N+](=O)[O-])c1. The number of benzene rings is 2. The number of nitro benzene ring substituents is 1. The van der Waals surface area contributed by atoms with E-state index in [9.17, 15) is 14.5 Å². The van der Waals surface area contributed by atoms with Crippen LogP contribution in [0, 0.1) is 15.9 Å². The van der Waals surface area contributed by atoms with Crippen LogP contribution in [-0.2, 0) is 6.54 Å². The average Bonchev–Trinajstić information content (AvgIpc) is 2.47. The predicted molar refractivity (Wildman–Crippen MR) is 77.0 cm³/mol. The topological polar surface area (TPSA) is 64.4 Å². The van der Waals surface area contributed by atoms with Crippen LogP contribution < -0.4 is 10.1 Å². The monoisotopic (exact) mass is 290 g/mol. The molecule has 21 heavy (non-hydrogen) atoms. The molecule has 5 nitrogen and oxygen atoms in total. The van der Waals surface area contributed by atoms with Crippen molar-refractivity contribution in [3.05, 3.63) is 64.0 Å².